The van der Waals surface area contributed by atoms with E-state index in [4.69, 9.17) is 18.9 Å². The number of carbonyl (C=O) groups excluding carboxylic acids is 1. The topological polar surface area (TPSA) is 66.0 Å². The Bertz CT molecular complexity index is 751. The standard InChI is InChI=1S/C25H35NO5/c1-3-4-5-6-7-11-16-26-23-19-21(25(27)31-22-12-9-8-10-13-22)14-15-24(23)30-20-29-18-17-28-2/h8-10,12-15,19,26H,3-7,11,16-18,20H2,1-2H3. The Morgan fingerprint density at radius 1 is 0.935 bits per heavy atom. The van der Waals surface area contributed by atoms with Crippen LogP contribution >= 0.6 is 0 Å². The highest BCUT2D eigenvalue weighted by molar-refractivity contribution is 5.92. The zero-order chi connectivity index (χ0) is 22.2. The van der Waals surface area contributed by atoms with Crippen molar-refractivity contribution in [3.8, 4) is 11.5 Å². The zero-order valence-corrected chi connectivity index (χ0v) is 18.7. The molecule has 0 amide bonds. The van der Waals surface area contributed by atoms with Crippen molar-refractivity contribution < 1.29 is 23.7 Å². The first kappa shape index (κ1) is 24.7. The Labute approximate surface area is 185 Å². The molecule has 170 valence electrons. The number of para-hydroxylation sites is 1. The molecule has 0 bridgehead atoms. The second-order valence-corrected chi connectivity index (χ2v) is 7.27. The zero-order valence-electron chi connectivity index (χ0n) is 18.7. The van der Waals surface area contributed by atoms with Gasteiger partial charge >= 0.3 is 5.97 Å². The van der Waals surface area contributed by atoms with Crippen LogP contribution in [0.25, 0.3) is 0 Å². The molecule has 2 aromatic carbocycles. The van der Waals surface area contributed by atoms with Gasteiger partial charge in [-0.1, -0.05) is 57.2 Å². The molecule has 0 aliphatic rings. The molecule has 2 rings (SSSR count). The normalized spacial score (nSPS) is 10.6. The van der Waals surface area contributed by atoms with E-state index in [0.717, 1.165) is 18.7 Å². The molecular weight excluding hydrogens is 394 g/mol. The van der Waals surface area contributed by atoms with Gasteiger partial charge in [0.15, 0.2) is 6.79 Å². The first-order valence-corrected chi connectivity index (χ1v) is 11.1. The molecule has 0 spiro atoms. The lowest BCUT2D eigenvalue weighted by atomic mass is 10.1. The Balaban J connectivity index is 1.96. The SMILES string of the molecule is CCCCCCCCNc1cc(C(=O)Oc2ccccc2)ccc1OCOCCOC. The van der Waals surface area contributed by atoms with Gasteiger partial charge in [-0.3, -0.25) is 0 Å². The third kappa shape index (κ3) is 9.85. The largest absolute Gasteiger partial charge is 0.465 e. The lowest BCUT2D eigenvalue weighted by Gasteiger charge is -2.15. The molecule has 0 saturated carbocycles. The summed E-state index contributed by atoms with van der Waals surface area (Å²) >= 11 is 0. The molecule has 0 aliphatic heterocycles. The van der Waals surface area contributed by atoms with Crippen LogP contribution in [0.15, 0.2) is 48.5 Å². The van der Waals surface area contributed by atoms with E-state index in [0.29, 0.717) is 30.3 Å². The highest BCUT2D eigenvalue weighted by atomic mass is 16.7. The van der Waals surface area contributed by atoms with Crippen LogP contribution in [0.3, 0.4) is 0 Å². The molecule has 31 heavy (non-hydrogen) atoms. The smallest absolute Gasteiger partial charge is 0.343 e. The molecule has 2 aromatic rings. The van der Waals surface area contributed by atoms with Gasteiger partial charge in [0.25, 0.3) is 0 Å². The molecule has 1 N–H and O–H groups in total. The first-order chi connectivity index (χ1) is 15.2. The van der Waals surface area contributed by atoms with E-state index in [-0.39, 0.29) is 6.79 Å². The van der Waals surface area contributed by atoms with E-state index in [1.807, 2.05) is 18.2 Å². The van der Waals surface area contributed by atoms with Crippen LogP contribution in [-0.4, -0.2) is 39.6 Å². The van der Waals surface area contributed by atoms with E-state index in [1.54, 1.807) is 37.4 Å². The fourth-order valence-electron chi connectivity index (χ4n) is 3.01. The van der Waals surface area contributed by atoms with Gasteiger partial charge < -0.3 is 24.3 Å². The van der Waals surface area contributed by atoms with Crippen molar-refractivity contribution in [2.75, 3.05) is 39.0 Å². The van der Waals surface area contributed by atoms with Crippen LogP contribution in [0.5, 0.6) is 11.5 Å². The maximum atomic E-state index is 12.6. The van der Waals surface area contributed by atoms with E-state index in [9.17, 15) is 4.79 Å². The molecule has 0 heterocycles. The summed E-state index contributed by atoms with van der Waals surface area (Å²) in [6, 6.07) is 14.3. The van der Waals surface area contributed by atoms with Gasteiger partial charge in [0.05, 0.1) is 24.5 Å². The molecule has 0 fully saturated rings. The van der Waals surface area contributed by atoms with Gasteiger partial charge in [-0.25, -0.2) is 4.79 Å². The fourth-order valence-corrected chi connectivity index (χ4v) is 3.01. The number of nitrogens with one attached hydrogen (secondary N) is 1. The van der Waals surface area contributed by atoms with Gasteiger partial charge in [0, 0.05) is 13.7 Å². The molecule has 0 radical (unpaired) electrons. The lowest BCUT2D eigenvalue weighted by molar-refractivity contribution is -0.00817. The molecule has 6 heteroatoms. The number of esters is 1. The number of rotatable bonds is 16. The number of benzene rings is 2. The number of unbranched alkanes of at least 4 members (excludes halogenated alkanes) is 5. The predicted molar refractivity (Wildman–Crippen MR) is 123 cm³/mol. The second-order valence-electron chi connectivity index (χ2n) is 7.27. The van der Waals surface area contributed by atoms with Crippen molar-refractivity contribution in [2.45, 2.75) is 45.4 Å². The maximum Gasteiger partial charge on any atom is 0.343 e. The van der Waals surface area contributed by atoms with Crippen molar-refractivity contribution in [2.24, 2.45) is 0 Å². The lowest BCUT2D eigenvalue weighted by Crippen LogP contribution is -2.12. The molecule has 0 unspecified atom stereocenters. The highest BCUT2D eigenvalue weighted by Gasteiger charge is 2.13. The van der Waals surface area contributed by atoms with Crippen molar-refractivity contribution in [3.05, 3.63) is 54.1 Å². The Morgan fingerprint density at radius 3 is 2.48 bits per heavy atom. The highest BCUT2D eigenvalue weighted by Crippen LogP contribution is 2.27. The van der Waals surface area contributed by atoms with Gasteiger partial charge in [-0.05, 0) is 36.8 Å². The van der Waals surface area contributed by atoms with Crippen molar-refractivity contribution >= 4 is 11.7 Å². The molecule has 6 nitrogen and oxygen atoms in total. The van der Waals surface area contributed by atoms with Crippen LogP contribution in [0.2, 0.25) is 0 Å². The number of methoxy groups -OCH3 is 1. The summed E-state index contributed by atoms with van der Waals surface area (Å²) in [5, 5.41) is 3.40. The Kier molecular flexibility index (Phi) is 12.2. The molecule has 0 aromatic heterocycles. The molecule has 0 saturated heterocycles. The third-order valence-electron chi connectivity index (χ3n) is 4.74. The molecule has 0 atom stereocenters. The number of hydrogen-bond acceptors (Lipinski definition) is 6. The number of anilines is 1. The van der Waals surface area contributed by atoms with E-state index >= 15 is 0 Å². The quantitative estimate of drug-likeness (QED) is 0.160. The summed E-state index contributed by atoms with van der Waals surface area (Å²) in [4.78, 5) is 12.6. The van der Waals surface area contributed by atoms with E-state index in [2.05, 4.69) is 12.2 Å². The van der Waals surface area contributed by atoms with Crippen molar-refractivity contribution in [1.29, 1.82) is 0 Å². The first-order valence-electron chi connectivity index (χ1n) is 11.1. The van der Waals surface area contributed by atoms with Crippen molar-refractivity contribution in [3.63, 3.8) is 0 Å². The minimum atomic E-state index is -0.406. The summed E-state index contributed by atoms with van der Waals surface area (Å²) in [5.41, 5.74) is 1.22. The van der Waals surface area contributed by atoms with Crippen molar-refractivity contribution in [1.82, 2.24) is 0 Å². The second kappa shape index (κ2) is 15.3. The monoisotopic (exact) mass is 429 g/mol. The van der Waals surface area contributed by atoms with Gasteiger partial charge in [0.2, 0.25) is 0 Å². The summed E-state index contributed by atoms with van der Waals surface area (Å²) in [5.74, 6) is 0.748. The van der Waals surface area contributed by atoms with Gasteiger partial charge in [-0.15, -0.1) is 0 Å². The van der Waals surface area contributed by atoms with E-state index < -0.39 is 5.97 Å². The summed E-state index contributed by atoms with van der Waals surface area (Å²) < 4.78 is 21.6. The van der Waals surface area contributed by atoms with Gasteiger partial charge in [0.1, 0.15) is 11.5 Å². The number of hydrogen-bond donors (Lipinski definition) is 1. The third-order valence-corrected chi connectivity index (χ3v) is 4.74. The van der Waals surface area contributed by atoms with E-state index in [1.165, 1.54) is 32.1 Å². The minimum Gasteiger partial charge on any atom is -0.465 e. The molecule has 0 aliphatic carbocycles. The average molecular weight is 430 g/mol. The Hall–Kier alpha value is -2.57. The average Bonchev–Trinajstić information content (AvgIpc) is 2.79. The van der Waals surface area contributed by atoms with Crippen LogP contribution in [-0.2, 0) is 9.47 Å². The summed E-state index contributed by atoms with van der Waals surface area (Å²) in [7, 11) is 1.63. The van der Waals surface area contributed by atoms with Crippen LogP contribution < -0.4 is 14.8 Å². The van der Waals surface area contributed by atoms with Crippen LogP contribution in [0.1, 0.15) is 55.8 Å². The molecular formula is C25H35NO5. The van der Waals surface area contributed by atoms with Gasteiger partial charge in [-0.2, -0.15) is 0 Å². The predicted octanol–water partition coefficient (Wildman–Crippen LogP) is 5.68. The number of carbonyl (C=O) groups is 1. The Morgan fingerprint density at radius 2 is 1.71 bits per heavy atom. The number of ether oxygens (including phenoxy) is 4. The fraction of sp³-hybridized carbons (Fsp3) is 0.480. The summed E-state index contributed by atoms with van der Waals surface area (Å²) in [6.07, 6.45) is 7.31. The minimum absolute atomic E-state index is 0.114. The van der Waals surface area contributed by atoms with Crippen LogP contribution in [0, 0.1) is 0 Å². The van der Waals surface area contributed by atoms with Crippen LogP contribution in [0.4, 0.5) is 5.69 Å². The summed E-state index contributed by atoms with van der Waals surface area (Å²) in [6.45, 7) is 4.11. The maximum absolute atomic E-state index is 12.6.